The molecule has 0 spiro atoms. The fraction of sp³-hybridized carbons (Fsp3) is 0.0769. The first-order valence-electron chi connectivity index (χ1n) is 10.9. The molecule has 3 aromatic carbocycles. The molecule has 9 nitrogen and oxygen atoms in total. The molecule has 176 valence electrons. The minimum atomic E-state index is -0.487. The lowest BCUT2D eigenvalue weighted by atomic mass is 10.3. The van der Waals surface area contributed by atoms with Gasteiger partial charge in [-0.25, -0.2) is 4.79 Å². The van der Waals surface area contributed by atoms with Crippen LogP contribution in [0.5, 0.6) is 5.75 Å². The van der Waals surface area contributed by atoms with Gasteiger partial charge in [0.1, 0.15) is 19.0 Å². The molecule has 0 saturated heterocycles. The van der Waals surface area contributed by atoms with Crippen LogP contribution >= 0.6 is 0 Å². The Kier molecular flexibility index (Phi) is 7.84. The Morgan fingerprint density at radius 3 is 1.77 bits per heavy atom. The molecule has 0 aliphatic rings. The summed E-state index contributed by atoms with van der Waals surface area (Å²) < 4.78 is 10.6. The second-order valence-electron chi connectivity index (χ2n) is 7.16. The highest BCUT2D eigenvalue weighted by atomic mass is 16.6. The van der Waals surface area contributed by atoms with E-state index in [0.29, 0.717) is 29.3 Å². The zero-order chi connectivity index (χ0) is 24.3. The summed E-state index contributed by atoms with van der Waals surface area (Å²) in [6.45, 7) is 3.70. The average Bonchev–Trinajstić information content (AvgIpc) is 2.88. The molecule has 0 aliphatic heterocycles. The Labute approximate surface area is 202 Å². The van der Waals surface area contributed by atoms with Crippen molar-refractivity contribution in [3.63, 3.8) is 0 Å². The lowest BCUT2D eigenvalue weighted by molar-refractivity contribution is -0.138. The second kappa shape index (κ2) is 11.8. The van der Waals surface area contributed by atoms with Crippen molar-refractivity contribution in [3.05, 3.63) is 97.6 Å². The third-order valence-electron chi connectivity index (χ3n) is 4.55. The summed E-state index contributed by atoms with van der Waals surface area (Å²) in [5.74, 6) is 1.21. The van der Waals surface area contributed by atoms with Crippen molar-refractivity contribution in [1.29, 1.82) is 0 Å². The van der Waals surface area contributed by atoms with Crippen LogP contribution in [0.15, 0.2) is 97.6 Å². The van der Waals surface area contributed by atoms with Crippen LogP contribution in [0.2, 0.25) is 0 Å². The molecule has 1 aromatic heterocycles. The lowest BCUT2D eigenvalue weighted by Crippen LogP contribution is -2.10. The third kappa shape index (κ3) is 7.29. The number of carbonyl (C=O) groups is 1. The van der Waals surface area contributed by atoms with E-state index in [0.717, 1.165) is 17.5 Å². The Hall–Kier alpha value is -4.92. The first-order valence-corrected chi connectivity index (χ1v) is 10.9. The molecule has 0 amide bonds. The van der Waals surface area contributed by atoms with Gasteiger partial charge in [0.15, 0.2) is 0 Å². The van der Waals surface area contributed by atoms with Gasteiger partial charge in [-0.15, -0.1) is 0 Å². The van der Waals surface area contributed by atoms with Crippen molar-refractivity contribution in [1.82, 2.24) is 15.0 Å². The van der Waals surface area contributed by atoms with Gasteiger partial charge < -0.3 is 25.4 Å². The Bertz CT molecular complexity index is 1210. The summed E-state index contributed by atoms with van der Waals surface area (Å²) in [5, 5.41) is 9.59. The van der Waals surface area contributed by atoms with Gasteiger partial charge >= 0.3 is 5.97 Å². The first-order chi connectivity index (χ1) is 17.2. The predicted molar refractivity (Wildman–Crippen MR) is 136 cm³/mol. The van der Waals surface area contributed by atoms with Crippen molar-refractivity contribution >= 4 is 40.9 Å². The molecule has 4 rings (SSSR count). The quantitative estimate of drug-likeness (QED) is 0.155. The van der Waals surface area contributed by atoms with Gasteiger partial charge in [0, 0.05) is 29.2 Å². The molecule has 0 atom stereocenters. The van der Waals surface area contributed by atoms with E-state index in [9.17, 15) is 4.79 Å². The highest BCUT2D eigenvalue weighted by molar-refractivity contribution is 5.81. The minimum absolute atomic E-state index is 0.124. The van der Waals surface area contributed by atoms with Gasteiger partial charge in [0.05, 0.1) is 0 Å². The Morgan fingerprint density at radius 1 is 0.714 bits per heavy atom. The van der Waals surface area contributed by atoms with Crippen molar-refractivity contribution < 1.29 is 14.3 Å². The summed E-state index contributed by atoms with van der Waals surface area (Å²) in [4.78, 5) is 24.6. The number of hydrogen-bond acceptors (Lipinski definition) is 9. The van der Waals surface area contributed by atoms with Crippen LogP contribution < -0.4 is 20.7 Å². The Balaban J connectivity index is 1.50. The normalized spacial score (nSPS) is 10.2. The van der Waals surface area contributed by atoms with Gasteiger partial charge in [-0.3, -0.25) is 0 Å². The number of para-hydroxylation sites is 2. The van der Waals surface area contributed by atoms with Crippen LogP contribution in [0.4, 0.5) is 34.9 Å². The molecule has 9 heteroatoms. The molecule has 0 saturated carbocycles. The summed E-state index contributed by atoms with van der Waals surface area (Å²) in [6.07, 6.45) is 1.11. The molecular formula is C26H24N6O3. The zero-order valence-electron chi connectivity index (χ0n) is 18.8. The summed E-state index contributed by atoms with van der Waals surface area (Å²) in [7, 11) is 0. The largest absolute Gasteiger partial charge is 0.490 e. The number of rotatable bonds is 11. The number of anilines is 6. The highest BCUT2D eigenvalue weighted by Gasteiger charge is 2.09. The maximum atomic E-state index is 11.1. The second-order valence-corrected chi connectivity index (χ2v) is 7.16. The van der Waals surface area contributed by atoms with Gasteiger partial charge in [0.2, 0.25) is 17.8 Å². The molecular weight excluding hydrogens is 444 g/mol. The predicted octanol–water partition coefficient (Wildman–Crippen LogP) is 5.21. The number of nitrogens with zero attached hydrogens (tertiary/aromatic N) is 3. The van der Waals surface area contributed by atoms with E-state index >= 15 is 0 Å². The molecule has 0 aliphatic carbocycles. The van der Waals surface area contributed by atoms with E-state index < -0.39 is 5.97 Å². The first kappa shape index (κ1) is 23.2. The van der Waals surface area contributed by atoms with Gasteiger partial charge in [-0.1, -0.05) is 49.0 Å². The molecule has 0 bridgehead atoms. The standard InChI is InChI=1S/C26H24N6O3/c1-2-23(33)35-17-16-34-22-15-9-14-21(18-22)29-26-31-24(27-19-10-5-3-6-11-19)30-25(32-26)28-20-12-7-4-8-13-20/h2-15,18H,1,16-17H2,(H3,27,28,29,30,31,32). The molecule has 0 unspecified atom stereocenters. The maximum absolute atomic E-state index is 11.1. The van der Waals surface area contributed by atoms with E-state index in [4.69, 9.17) is 9.47 Å². The highest BCUT2D eigenvalue weighted by Crippen LogP contribution is 2.23. The zero-order valence-corrected chi connectivity index (χ0v) is 18.8. The molecule has 35 heavy (non-hydrogen) atoms. The third-order valence-corrected chi connectivity index (χ3v) is 4.55. The lowest BCUT2D eigenvalue weighted by Gasteiger charge is -2.12. The van der Waals surface area contributed by atoms with E-state index in [1.165, 1.54) is 0 Å². The summed E-state index contributed by atoms with van der Waals surface area (Å²) in [6, 6.07) is 26.6. The summed E-state index contributed by atoms with van der Waals surface area (Å²) in [5.41, 5.74) is 2.42. The number of hydrogen-bond donors (Lipinski definition) is 3. The van der Waals surface area contributed by atoms with Crippen LogP contribution in [0.25, 0.3) is 0 Å². The number of benzene rings is 3. The maximum Gasteiger partial charge on any atom is 0.330 e. The summed E-state index contributed by atoms with van der Waals surface area (Å²) >= 11 is 0. The number of ether oxygens (including phenoxy) is 2. The van der Waals surface area contributed by atoms with Crippen LogP contribution in [0.3, 0.4) is 0 Å². The fourth-order valence-electron chi connectivity index (χ4n) is 3.00. The van der Waals surface area contributed by atoms with E-state index in [-0.39, 0.29) is 13.2 Å². The number of esters is 1. The number of carbonyl (C=O) groups excluding carboxylic acids is 1. The molecule has 0 fully saturated rings. The van der Waals surface area contributed by atoms with Gasteiger partial charge in [-0.05, 0) is 36.4 Å². The SMILES string of the molecule is C=CC(=O)OCCOc1cccc(Nc2nc(Nc3ccccc3)nc(Nc3ccccc3)n2)c1. The van der Waals surface area contributed by atoms with E-state index in [1.54, 1.807) is 12.1 Å². The minimum Gasteiger partial charge on any atom is -0.490 e. The van der Waals surface area contributed by atoms with E-state index in [1.807, 2.05) is 72.8 Å². The average molecular weight is 469 g/mol. The van der Waals surface area contributed by atoms with Crippen LogP contribution in [-0.2, 0) is 9.53 Å². The van der Waals surface area contributed by atoms with Crippen molar-refractivity contribution in [2.75, 3.05) is 29.2 Å². The number of nitrogens with one attached hydrogen (secondary N) is 3. The van der Waals surface area contributed by atoms with Crippen LogP contribution in [0, 0.1) is 0 Å². The van der Waals surface area contributed by atoms with Crippen LogP contribution in [0.1, 0.15) is 0 Å². The Morgan fingerprint density at radius 2 is 1.23 bits per heavy atom. The monoisotopic (exact) mass is 468 g/mol. The van der Waals surface area contributed by atoms with Crippen molar-refractivity contribution in [2.45, 2.75) is 0 Å². The van der Waals surface area contributed by atoms with E-state index in [2.05, 4.69) is 37.5 Å². The molecule has 0 radical (unpaired) electrons. The van der Waals surface area contributed by atoms with Crippen LogP contribution in [-0.4, -0.2) is 34.1 Å². The molecule has 4 aromatic rings. The van der Waals surface area contributed by atoms with Crippen molar-refractivity contribution in [2.24, 2.45) is 0 Å². The fourth-order valence-corrected chi connectivity index (χ4v) is 3.00. The van der Waals surface area contributed by atoms with Gasteiger partial charge in [0.25, 0.3) is 0 Å². The van der Waals surface area contributed by atoms with Gasteiger partial charge in [-0.2, -0.15) is 15.0 Å². The molecule has 3 N–H and O–H groups in total. The smallest absolute Gasteiger partial charge is 0.330 e. The van der Waals surface area contributed by atoms with Crippen molar-refractivity contribution in [3.8, 4) is 5.75 Å². The topological polar surface area (TPSA) is 110 Å². The molecule has 1 heterocycles. The number of aromatic nitrogens is 3.